The Morgan fingerprint density at radius 2 is 2.20 bits per heavy atom. The predicted octanol–water partition coefficient (Wildman–Crippen LogP) is 1.81. The van der Waals surface area contributed by atoms with Crippen LogP contribution in [0.5, 0.6) is 5.75 Å². The third-order valence-electron chi connectivity index (χ3n) is 3.28. The van der Waals surface area contributed by atoms with E-state index in [9.17, 15) is 4.79 Å². The molecule has 0 fully saturated rings. The van der Waals surface area contributed by atoms with Crippen molar-refractivity contribution >= 4 is 11.6 Å². The number of methoxy groups -OCH3 is 1. The molecule has 0 spiro atoms. The molecule has 0 radical (unpaired) electrons. The van der Waals surface area contributed by atoms with E-state index in [1.165, 1.54) is 7.11 Å². The number of nitrogens with two attached hydrogens (primary N) is 1. The smallest absolute Gasteiger partial charge is 0.251 e. The first-order valence-corrected chi connectivity index (χ1v) is 6.94. The van der Waals surface area contributed by atoms with Crippen LogP contribution in [0.15, 0.2) is 18.2 Å². The number of nitrogens with one attached hydrogen (secondary N) is 1. The second-order valence-corrected chi connectivity index (χ2v) is 4.83. The van der Waals surface area contributed by atoms with Crippen LogP contribution in [0.4, 0.5) is 5.69 Å². The summed E-state index contributed by atoms with van der Waals surface area (Å²) < 4.78 is 5.10. The molecule has 5 heteroatoms. The molecule has 1 aromatic rings. The Kier molecular flexibility index (Phi) is 6.87. The van der Waals surface area contributed by atoms with Gasteiger partial charge in [0.2, 0.25) is 0 Å². The van der Waals surface area contributed by atoms with Crippen LogP contribution in [0.3, 0.4) is 0 Å². The van der Waals surface area contributed by atoms with E-state index in [1.807, 2.05) is 0 Å². The van der Waals surface area contributed by atoms with E-state index in [1.54, 1.807) is 18.2 Å². The van der Waals surface area contributed by atoms with Gasteiger partial charge >= 0.3 is 0 Å². The highest BCUT2D eigenvalue weighted by molar-refractivity contribution is 5.95. The summed E-state index contributed by atoms with van der Waals surface area (Å²) in [6.07, 6.45) is 2.74. The van der Waals surface area contributed by atoms with Crippen molar-refractivity contribution in [1.82, 2.24) is 5.32 Å². The van der Waals surface area contributed by atoms with Gasteiger partial charge < -0.3 is 20.9 Å². The van der Waals surface area contributed by atoms with Crippen molar-refractivity contribution < 1.29 is 14.6 Å². The number of rotatable bonds is 8. The zero-order valence-electron chi connectivity index (χ0n) is 12.2. The summed E-state index contributed by atoms with van der Waals surface area (Å²) in [6.45, 7) is 2.81. The van der Waals surface area contributed by atoms with Crippen molar-refractivity contribution in [3.8, 4) is 5.75 Å². The summed E-state index contributed by atoms with van der Waals surface area (Å²) in [4.78, 5) is 12.1. The van der Waals surface area contributed by atoms with E-state index in [2.05, 4.69) is 12.2 Å². The van der Waals surface area contributed by atoms with Crippen LogP contribution in [0.25, 0.3) is 0 Å². The highest BCUT2D eigenvalue weighted by atomic mass is 16.5. The molecule has 112 valence electrons. The summed E-state index contributed by atoms with van der Waals surface area (Å²) >= 11 is 0. The SMILES string of the molecule is CCCC(CCO)CNC(=O)c1ccc(N)c(OC)c1. The summed E-state index contributed by atoms with van der Waals surface area (Å²) in [6, 6.07) is 4.96. The van der Waals surface area contributed by atoms with Gasteiger partial charge in [-0.05, 0) is 37.0 Å². The Labute approximate surface area is 120 Å². The maximum Gasteiger partial charge on any atom is 0.251 e. The fourth-order valence-corrected chi connectivity index (χ4v) is 2.13. The van der Waals surface area contributed by atoms with Gasteiger partial charge in [0.15, 0.2) is 0 Å². The number of carbonyl (C=O) groups is 1. The first-order valence-electron chi connectivity index (χ1n) is 6.94. The number of amides is 1. The Balaban J connectivity index is 2.61. The van der Waals surface area contributed by atoms with E-state index in [0.717, 1.165) is 12.8 Å². The highest BCUT2D eigenvalue weighted by Crippen LogP contribution is 2.22. The lowest BCUT2D eigenvalue weighted by Gasteiger charge is -2.16. The van der Waals surface area contributed by atoms with Crippen LogP contribution < -0.4 is 15.8 Å². The summed E-state index contributed by atoms with van der Waals surface area (Å²) in [7, 11) is 1.52. The number of benzene rings is 1. The average molecular weight is 280 g/mol. The Morgan fingerprint density at radius 1 is 1.45 bits per heavy atom. The average Bonchev–Trinajstić information content (AvgIpc) is 2.45. The molecule has 1 atom stereocenters. The molecule has 1 unspecified atom stereocenters. The molecule has 0 aliphatic rings. The van der Waals surface area contributed by atoms with Crippen molar-refractivity contribution in [1.29, 1.82) is 0 Å². The highest BCUT2D eigenvalue weighted by Gasteiger charge is 2.12. The van der Waals surface area contributed by atoms with Gasteiger partial charge in [-0.25, -0.2) is 0 Å². The molecule has 20 heavy (non-hydrogen) atoms. The van der Waals surface area contributed by atoms with Gasteiger partial charge in [-0.3, -0.25) is 4.79 Å². The zero-order chi connectivity index (χ0) is 15.0. The van der Waals surface area contributed by atoms with Crippen LogP contribution in [-0.4, -0.2) is 31.3 Å². The molecule has 5 nitrogen and oxygen atoms in total. The minimum atomic E-state index is -0.151. The molecule has 0 saturated carbocycles. The van der Waals surface area contributed by atoms with Crippen molar-refractivity contribution in [2.45, 2.75) is 26.2 Å². The van der Waals surface area contributed by atoms with E-state index < -0.39 is 0 Å². The van der Waals surface area contributed by atoms with Gasteiger partial charge in [0.05, 0.1) is 12.8 Å². The summed E-state index contributed by atoms with van der Waals surface area (Å²) in [5.41, 5.74) is 6.75. The number of hydrogen-bond donors (Lipinski definition) is 3. The molecule has 4 N–H and O–H groups in total. The van der Waals surface area contributed by atoms with Crippen LogP contribution in [-0.2, 0) is 0 Å². The van der Waals surface area contributed by atoms with Gasteiger partial charge in [0.25, 0.3) is 5.91 Å². The number of aliphatic hydroxyl groups is 1. The minimum absolute atomic E-state index is 0.149. The first kappa shape index (κ1) is 16.3. The van der Waals surface area contributed by atoms with Gasteiger partial charge in [-0.1, -0.05) is 13.3 Å². The van der Waals surface area contributed by atoms with Gasteiger partial charge in [-0.2, -0.15) is 0 Å². The third kappa shape index (κ3) is 4.74. The Bertz CT molecular complexity index is 429. The Morgan fingerprint density at radius 3 is 2.80 bits per heavy atom. The first-order chi connectivity index (χ1) is 9.62. The standard InChI is InChI=1S/C15H24N2O3/c1-3-4-11(7-8-18)10-17-15(19)12-5-6-13(16)14(9-12)20-2/h5-6,9,11,18H,3-4,7-8,10,16H2,1-2H3,(H,17,19). The van der Waals surface area contributed by atoms with Gasteiger partial charge in [-0.15, -0.1) is 0 Å². The van der Waals surface area contributed by atoms with Crippen LogP contribution in [0, 0.1) is 5.92 Å². The number of carbonyl (C=O) groups excluding carboxylic acids is 1. The predicted molar refractivity (Wildman–Crippen MR) is 79.8 cm³/mol. The van der Waals surface area contributed by atoms with Crippen molar-refractivity contribution in [3.05, 3.63) is 23.8 Å². The maximum atomic E-state index is 12.1. The number of hydrogen-bond acceptors (Lipinski definition) is 4. The van der Waals surface area contributed by atoms with E-state index in [4.69, 9.17) is 15.6 Å². The zero-order valence-corrected chi connectivity index (χ0v) is 12.2. The number of nitrogen functional groups attached to an aromatic ring is 1. The molecule has 0 aliphatic heterocycles. The molecular weight excluding hydrogens is 256 g/mol. The van der Waals surface area contributed by atoms with Gasteiger partial charge in [0.1, 0.15) is 5.75 Å². The molecule has 1 amide bonds. The quantitative estimate of drug-likeness (QED) is 0.634. The molecule has 0 aliphatic carbocycles. The van der Waals surface area contributed by atoms with Crippen LogP contribution >= 0.6 is 0 Å². The number of anilines is 1. The van der Waals surface area contributed by atoms with E-state index in [-0.39, 0.29) is 12.5 Å². The summed E-state index contributed by atoms with van der Waals surface area (Å²) in [5.74, 6) is 0.657. The topological polar surface area (TPSA) is 84.6 Å². The van der Waals surface area contributed by atoms with E-state index >= 15 is 0 Å². The van der Waals surface area contributed by atoms with Crippen molar-refractivity contribution in [2.75, 3.05) is 26.0 Å². The fraction of sp³-hybridized carbons (Fsp3) is 0.533. The molecule has 0 heterocycles. The summed E-state index contributed by atoms with van der Waals surface area (Å²) in [5, 5.41) is 11.9. The van der Waals surface area contributed by atoms with Crippen molar-refractivity contribution in [3.63, 3.8) is 0 Å². The monoisotopic (exact) mass is 280 g/mol. The van der Waals surface area contributed by atoms with E-state index in [0.29, 0.717) is 35.9 Å². The molecule has 0 saturated heterocycles. The van der Waals surface area contributed by atoms with Crippen molar-refractivity contribution in [2.24, 2.45) is 5.92 Å². The molecule has 0 bridgehead atoms. The maximum absolute atomic E-state index is 12.1. The minimum Gasteiger partial charge on any atom is -0.495 e. The van der Waals surface area contributed by atoms with Crippen LogP contribution in [0.2, 0.25) is 0 Å². The molecule has 0 aromatic heterocycles. The fourth-order valence-electron chi connectivity index (χ4n) is 2.13. The lowest BCUT2D eigenvalue weighted by Crippen LogP contribution is -2.29. The number of ether oxygens (including phenoxy) is 1. The second kappa shape index (κ2) is 8.43. The molecular formula is C15H24N2O3. The van der Waals surface area contributed by atoms with Crippen LogP contribution in [0.1, 0.15) is 36.5 Å². The molecule has 1 rings (SSSR count). The third-order valence-corrected chi connectivity index (χ3v) is 3.28. The second-order valence-electron chi connectivity index (χ2n) is 4.83. The number of aliphatic hydroxyl groups excluding tert-OH is 1. The lowest BCUT2D eigenvalue weighted by atomic mass is 10.00. The normalized spacial score (nSPS) is 11.9. The Hall–Kier alpha value is -1.75. The van der Waals surface area contributed by atoms with Gasteiger partial charge in [0, 0.05) is 18.7 Å². The lowest BCUT2D eigenvalue weighted by molar-refractivity contribution is 0.0942. The molecule has 1 aromatic carbocycles. The largest absolute Gasteiger partial charge is 0.495 e.